The van der Waals surface area contributed by atoms with E-state index in [1.54, 1.807) is 4.98 Å². The maximum Gasteiger partial charge on any atom is 0.423 e. The van der Waals surface area contributed by atoms with Gasteiger partial charge in [-0.05, 0) is 24.3 Å². The second-order valence-corrected chi connectivity index (χ2v) is 9.19. The molecule has 11 nitrogen and oxygen atoms in total. The average molecular weight is 531 g/mol. The van der Waals surface area contributed by atoms with Crippen LogP contribution in [0.2, 0.25) is 0 Å². The summed E-state index contributed by atoms with van der Waals surface area (Å²) in [5, 5.41) is 2.48. The van der Waals surface area contributed by atoms with E-state index in [-0.39, 0.29) is 23.8 Å². The molecule has 0 bridgehead atoms. The Hall–Kier alpha value is -3.45. The Bertz CT molecular complexity index is 1380. The third-order valence-electron chi connectivity index (χ3n) is 5.00. The molecule has 2 heterocycles. The minimum Gasteiger partial charge on any atom is -0.363 e. The molecule has 3 atom stereocenters. The fourth-order valence-electron chi connectivity index (χ4n) is 3.39. The lowest BCUT2D eigenvalue weighted by Crippen LogP contribution is -2.36. The molecule has 1 aliphatic heterocycles. The normalized spacial score (nSPS) is 20.1. The lowest BCUT2D eigenvalue weighted by molar-refractivity contribution is -0.139. The predicted molar refractivity (Wildman–Crippen MR) is 117 cm³/mol. The minimum absolute atomic E-state index is 0.190. The van der Waals surface area contributed by atoms with Crippen molar-refractivity contribution in [2.75, 3.05) is 18.5 Å². The molecular formula is C21H20F3N3O8S. The molecule has 15 heteroatoms. The molecule has 1 amide bonds. The molecule has 0 aliphatic carbocycles. The maximum absolute atomic E-state index is 13.1. The third kappa shape index (κ3) is 6.40. The number of rotatable bonds is 8. The highest BCUT2D eigenvalue weighted by atomic mass is 32.2. The van der Waals surface area contributed by atoms with Crippen molar-refractivity contribution >= 4 is 21.7 Å². The number of H-pyrrole nitrogens is 1. The van der Waals surface area contributed by atoms with Crippen molar-refractivity contribution in [2.24, 2.45) is 0 Å². The minimum atomic E-state index is -5.03. The Morgan fingerprint density at radius 1 is 1.31 bits per heavy atom. The van der Waals surface area contributed by atoms with E-state index < -0.39 is 58.1 Å². The number of aromatic amines is 1. The molecular weight excluding hydrogens is 511 g/mol. The summed E-state index contributed by atoms with van der Waals surface area (Å²) >= 11 is 0. The van der Waals surface area contributed by atoms with Gasteiger partial charge in [-0.25, -0.2) is 4.79 Å². The number of amides is 1. The van der Waals surface area contributed by atoms with Crippen LogP contribution in [0, 0.1) is 12.3 Å². The van der Waals surface area contributed by atoms with Crippen molar-refractivity contribution in [3.05, 3.63) is 56.9 Å². The highest BCUT2D eigenvalue weighted by Crippen LogP contribution is 2.32. The molecule has 1 aromatic carbocycles. The first-order valence-electron chi connectivity index (χ1n) is 10.2. The van der Waals surface area contributed by atoms with Gasteiger partial charge in [0, 0.05) is 25.2 Å². The molecule has 36 heavy (non-hydrogen) atoms. The highest BCUT2D eigenvalue weighted by molar-refractivity contribution is 7.86. The second kappa shape index (κ2) is 10.7. The third-order valence-corrected chi connectivity index (χ3v) is 6.29. The van der Waals surface area contributed by atoms with Crippen molar-refractivity contribution in [3.8, 4) is 12.3 Å². The standard InChI is InChI=1S/C21H20F3N3O8S/c1-3-8-33-16-9-18(27-10-15(21(22,23)24)19(29)26-20(27)30)35-17(16)11-34-36(31,32)14-6-4-13(5-7-14)25-12(2)28/h1,4-7,10,16-18H,8-9,11H2,2H3,(H,25,28)(H,26,29,30)/t16-,17+,18+/m0/s1. The number of hydrogen-bond donors (Lipinski definition) is 2. The van der Waals surface area contributed by atoms with Gasteiger partial charge >= 0.3 is 11.9 Å². The Kier molecular flexibility index (Phi) is 8.04. The van der Waals surface area contributed by atoms with Gasteiger partial charge in [-0.2, -0.15) is 21.6 Å². The van der Waals surface area contributed by atoms with Gasteiger partial charge in [0.25, 0.3) is 15.7 Å². The van der Waals surface area contributed by atoms with Crippen molar-refractivity contribution in [1.82, 2.24) is 9.55 Å². The Morgan fingerprint density at radius 3 is 2.56 bits per heavy atom. The first-order chi connectivity index (χ1) is 16.8. The molecule has 1 aliphatic rings. The zero-order valence-corrected chi connectivity index (χ0v) is 19.4. The molecule has 0 spiro atoms. The van der Waals surface area contributed by atoms with Crippen LogP contribution in [-0.4, -0.2) is 49.3 Å². The van der Waals surface area contributed by atoms with Gasteiger partial charge < -0.3 is 14.8 Å². The number of aromatic nitrogens is 2. The van der Waals surface area contributed by atoms with Gasteiger partial charge in [0.1, 0.15) is 24.5 Å². The number of terminal acetylenes is 1. The number of carbonyl (C=O) groups excluding carboxylic acids is 1. The molecule has 0 radical (unpaired) electrons. The van der Waals surface area contributed by atoms with E-state index in [0.29, 0.717) is 16.5 Å². The number of halogens is 3. The Morgan fingerprint density at radius 2 is 1.97 bits per heavy atom. The summed E-state index contributed by atoms with van der Waals surface area (Å²) in [6, 6.07) is 5.09. The average Bonchev–Trinajstić information content (AvgIpc) is 3.18. The van der Waals surface area contributed by atoms with E-state index in [4.69, 9.17) is 20.1 Å². The summed E-state index contributed by atoms with van der Waals surface area (Å²) in [5.41, 5.74) is -4.04. The molecule has 1 saturated heterocycles. The van der Waals surface area contributed by atoms with Crippen LogP contribution < -0.4 is 16.6 Å². The van der Waals surface area contributed by atoms with E-state index in [1.165, 1.54) is 31.2 Å². The number of benzene rings is 1. The summed E-state index contributed by atoms with van der Waals surface area (Å²) in [6.07, 6.45) is -3.16. The molecule has 2 aromatic rings. The fraction of sp³-hybridized carbons (Fsp3) is 0.381. The number of alkyl halides is 3. The van der Waals surface area contributed by atoms with Gasteiger partial charge in [-0.1, -0.05) is 5.92 Å². The van der Waals surface area contributed by atoms with Gasteiger partial charge in [0.15, 0.2) is 0 Å². The van der Waals surface area contributed by atoms with Gasteiger partial charge in [-0.3, -0.25) is 23.3 Å². The summed E-state index contributed by atoms with van der Waals surface area (Å²) in [4.78, 5) is 36.2. The van der Waals surface area contributed by atoms with E-state index in [1.807, 2.05) is 0 Å². The number of nitrogens with one attached hydrogen (secondary N) is 2. The number of hydrogen-bond acceptors (Lipinski definition) is 8. The van der Waals surface area contributed by atoms with Crippen molar-refractivity contribution < 1.29 is 40.0 Å². The van der Waals surface area contributed by atoms with Crippen LogP contribution in [0.25, 0.3) is 0 Å². The van der Waals surface area contributed by atoms with Gasteiger partial charge in [-0.15, -0.1) is 6.42 Å². The zero-order valence-electron chi connectivity index (χ0n) is 18.6. The molecule has 0 unspecified atom stereocenters. The van der Waals surface area contributed by atoms with Gasteiger partial charge in [0.05, 0.1) is 17.6 Å². The van der Waals surface area contributed by atoms with Crippen LogP contribution in [-0.2, 0) is 34.7 Å². The smallest absolute Gasteiger partial charge is 0.363 e. The monoisotopic (exact) mass is 531 g/mol. The van der Waals surface area contributed by atoms with E-state index in [9.17, 15) is 36.0 Å². The maximum atomic E-state index is 13.1. The van der Waals surface area contributed by atoms with Crippen LogP contribution in [0.15, 0.2) is 44.9 Å². The fourth-order valence-corrected chi connectivity index (χ4v) is 4.30. The zero-order chi connectivity index (χ0) is 26.7. The molecule has 0 saturated carbocycles. The van der Waals surface area contributed by atoms with Crippen molar-refractivity contribution in [1.29, 1.82) is 0 Å². The highest BCUT2D eigenvalue weighted by Gasteiger charge is 2.41. The number of nitrogens with zero attached hydrogens (tertiary/aromatic N) is 1. The molecule has 194 valence electrons. The van der Waals surface area contributed by atoms with Gasteiger partial charge in [0.2, 0.25) is 5.91 Å². The van der Waals surface area contributed by atoms with E-state index in [2.05, 4.69) is 11.2 Å². The van der Waals surface area contributed by atoms with Crippen LogP contribution in [0.3, 0.4) is 0 Å². The lowest BCUT2D eigenvalue weighted by Gasteiger charge is -2.18. The van der Waals surface area contributed by atoms with Crippen molar-refractivity contribution in [3.63, 3.8) is 0 Å². The largest absolute Gasteiger partial charge is 0.423 e. The van der Waals surface area contributed by atoms with Crippen LogP contribution >= 0.6 is 0 Å². The summed E-state index contributed by atoms with van der Waals surface area (Å²) in [5.74, 6) is 1.85. The Balaban J connectivity index is 1.79. The van der Waals surface area contributed by atoms with Crippen LogP contribution in [0.1, 0.15) is 25.1 Å². The van der Waals surface area contributed by atoms with E-state index in [0.717, 1.165) is 0 Å². The second-order valence-electron chi connectivity index (χ2n) is 7.57. The summed E-state index contributed by atoms with van der Waals surface area (Å²) < 4.78 is 81.2. The molecule has 1 fully saturated rings. The van der Waals surface area contributed by atoms with Crippen molar-refractivity contribution in [2.45, 2.75) is 42.9 Å². The molecule has 3 rings (SSSR count). The molecule has 2 N–H and O–H groups in total. The lowest BCUT2D eigenvalue weighted by atomic mass is 10.2. The summed E-state index contributed by atoms with van der Waals surface area (Å²) in [7, 11) is -4.31. The first kappa shape index (κ1) is 27.1. The number of ether oxygens (including phenoxy) is 2. The number of anilines is 1. The SMILES string of the molecule is C#CCO[C@H]1C[C@H](n2cc(C(F)(F)F)c(=O)[nH]c2=O)O[C@@H]1COS(=O)(=O)c1ccc(NC(C)=O)cc1. The Labute approximate surface area is 202 Å². The van der Waals surface area contributed by atoms with Crippen LogP contribution in [0.4, 0.5) is 18.9 Å². The number of carbonyl (C=O) groups is 1. The molecule has 1 aromatic heterocycles. The topological polar surface area (TPSA) is 146 Å². The summed E-state index contributed by atoms with van der Waals surface area (Å²) in [6.45, 7) is 0.432. The first-order valence-corrected chi connectivity index (χ1v) is 11.6. The predicted octanol–water partition coefficient (Wildman–Crippen LogP) is 1.23. The van der Waals surface area contributed by atoms with Crippen LogP contribution in [0.5, 0.6) is 0 Å². The quantitative estimate of drug-likeness (QED) is 0.382. The van der Waals surface area contributed by atoms with E-state index >= 15 is 0 Å².